The van der Waals surface area contributed by atoms with Gasteiger partial charge in [-0.05, 0) is 0 Å². The molecule has 0 aliphatic rings. The topological polar surface area (TPSA) is 52.6 Å². The molecule has 0 fully saturated rings. The van der Waals surface area contributed by atoms with Gasteiger partial charge in [0.05, 0.1) is 7.85 Å². The molecule has 0 rings (SSSR count). The number of ether oxygens (including phenoxy) is 2. The van der Waals surface area contributed by atoms with Crippen LogP contribution in [0.4, 0.5) is 43.9 Å². The molecule has 0 aromatic rings. The lowest BCUT2D eigenvalue weighted by molar-refractivity contribution is -0.284. The molecule has 0 aliphatic heterocycles. The van der Waals surface area contributed by atoms with Crippen LogP contribution in [0.25, 0.3) is 0 Å². The van der Waals surface area contributed by atoms with Crippen molar-refractivity contribution in [2.75, 3.05) is 13.2 Å². The van der Waals surface area contributed by atoms with E-state index in [0.29, 0.717) is 0 Å². The van der Waals surface area contributed by atoms with Gasteiger partial charge in [-0.15, -0.1) is 0 Å². The number of halogens is 12. The molecule has 0 spiro atoms. The second kappa shape index (κ2) is 12.7. The smallest absolute Gasteiger partial charge is 0.453 e. The third-order valence-corrected chi connectivity index (χ3v) is 4.32. The van der Waals surface area contributed by atoms with Crippen LogP contribution in [0.3, 0.4) is 0 Å². The fraction of sp³-hybridized carbons (Fsp3) is 0.857. The van der Waals surface area contributed by atoms with Gasteiger partial charge in [-0.25, -0.2) is 0 Å². The van der Waals surface area contributed by atoms with E-state index >= 15 is 0 Å². The highest BCUT2D eigenvalue weighted by Crippen LogP contribution is 2.41. The second-order valence-electron chi connectivity index (χ2n) is 5.61. The minimum atomic E-state index is -5.56. The molecular weight excluding hydrogens is 676 g/mol. The summed E-state index contributed by atoms with van der Waals surface area (Å²) in [6.45, 7) is 1.18. The van der Waals surface area contributed by atoms with Gasteiger partial charge in [-0.3, -0.25) is 9.59 Å². The first-order valence-corrected chi connectivity index (χ1v) is 10.1. The Labute approximate surface area is 191 Å². The highest BCUT2D eigenvalue weighted by Gasteiger charge is 2.58. The minimum Gasteiger partial charge on any atom is -0.465 e. The number of hydrogen-bond acceptors (Lipinski definition) is 4. The van der Waals surface area contributed by atoms with Gasteiger partial charge in [0.1, 0.15) is 13.2 Å². The summed E-state index contributed by atoms with van der Waals surface area (Å²) in [5.41, 5.74) is 0. The van der Waals surface area contributed by atoms with Crippen molar-refractivity contribution in [3.05, 3.63) is 0 Å². The summed E-state index contributed by atoms with van der Waals surface area (Å²) in [5.74, 6) is -10.9. The standard InChI is InChI=1S/2C7H8F5IO2/c2*1-4(14)15-3-5(13)2-6(8,9)7(10,11)12/h2*5H,2-3H2,1H3. The zero-order chi connectivity index (χ0) is 24.6. The first-order chi connectivity index (χ1) is 13.1. The lowest BCUT2D eigenvalue weighted by Crippen LogP contribution is -2.39. The van der Waals surface area contributed by atoms with Gasteiger partial charge >= 0.3 is 36.1 Å². The first-order valence-electron chi connectivity index (χ1n) is 7.56. The molecule has 4 nitrogen and oxygen atoms in total. The average Bonchev–Trinajstić information content (AvgIpc) is 2.48. The molecule has 30 heavy (non-hydrogen) atoms. The number of carbonyl (C=O) groups excluding carboxylic acids is 2. The summed E-state index contributed by atoms with van der Waals surface area (Å²) in [5, 5.41) is 0. The Bertz CT molecular complexity index is 504. The molecule has 0 heterocycles. The summed E-state index contributed by atoms with van der Waals surface area (Å²) in [7, 11) is 0. The predicted molar refractivity (Wildman–Crippen MR) is 100 cm³/mol. The maximum atomic E-state index is 12.4. The van der Waals surface area contributed by atoms with Crippen molar-refractivity contribution >= 4 is 57.1 Å². The van der Waals surface area contributed by atoms with E-state index in [1.165, 1.54) is 45.2 Å². The van der Waals surface area contributed by atoms with Crippen LogP contribution in [-0.2, 0) is 19.1 Å². The number of hydrogen-bond donors (Lipinski definition) is 0. The summed E-state index contributed by atoms with van der Waals surface area (Å²) in [6.07, 6.45) is -13.9. The molecule has 2 atom stereocenters. The third kappa shape index (κ3) is 13.9. The molecule has 180 valence electrons. The van der Waals surface area contributed by atoms with Crippen LogP contribution in [-0.4, -0.2) is 57.2 Å². The van der Waals surface area contributed by atoms with Crippen LogP contribution in [0, 0.1) is 0 Å². The monoisotopic (exact) mass is 692 g/mol. The maximum Gasteiger partial charge on any atom is 0.453 e. The lowest BCUT2D eigenvalue weighted by Gasteiger charge is -2.21. The van der Waals surface area contributed by atoms with E-state index < -0.39 is 70.0 Å². The predicted octanol–water partition coefficient (Wildman–Crippen LogP) is 5.88. The Morgan fingerprint density at radius 1 is 0.667 bits per heavy atom. The van der Waals surface area contributed by atoms with E-state index in [-0.39, 0.29) is 0 Å². The van der Waals surface area contributed by atoms with Crippen LogP contribution in [0.2, 0.25) is 0 Å². The molecule has 0 saturated heterocycles. The zero-order valence-electron chi connectivity index (χ0n) is 15.2. The van der Waals surface area contributed by atoms with E-state index in [0.717, 1.165) is 13.8 Å². The molecule has 0 aromatic carbocycles. The van der Waals surface area contributed by atoms with E-state index in [9.17, 15) is 53.5 Å². The lowest BCUT2D eigenvalue weighted by atomic mass is 10.2. The maximum absolute atomic E-state index is 12.4. The van der Waals surface area contributed by atoms with E-state index in [2.05, 4.69) is 9.47 Å². The highest BCUT2D eigenvalue weighted by molar-refractivity contribution is 14.1. The number of carbonyl (C=O) groups is 2. The molecule has 0 N–H and O–H groups in total. The van der Waals surface area contributed by atoms with Crippen molar-refractivity contribution in [2.45, 2.75) is 58.7 Å². The van der Waals surface area contributed by atoms with Crippen molar-refractivity contribution in [3.8, 4) is 0 Å². The fourth-order valence-corrected chi connectivity index (χ4v) is 2.79. The molecule has 2 unspecified atom stereocenters. The van der Waals surface area contributed by atoms with Gasteiger partial charge in [0, 0.05) is 26.7 Å². The van der Waals surface area contributed by atoms with Crippen molar-refractivity contribution in [3.63, 3.8) is 0 Å². The van der Waals surface area contributed by atoms with Crippen LogP contribution >= 0.6 is 45.2 Å². The normalized spacial score (nSPS) is 14.9. The zero-order valence-corrected chi connectivity index (χ0v) is 19.5. The SMILES string of the molecule is CC(=O)OCC(I)CC(F)(F)C(F)(F)F.CC(=O)OCC(I)CC(F)(F)C(F)(F)F. The van der Waals surface area contributed by atoms with Gasteiger partial charge in [0.15, 0.2) is 0 Å². The molecule has 0 radical (unpaired) electrons. The highest BCUT2D eigenvalue weighted by atomic mass is 127. The van der Waals surface area contributed by atoms with Gasteiger partial charge in [0.25, 0.3) is 0 Å². The molecule has 0 saturated carbocycles. The molecule has 16 heteroatoms. The van der Waals surface area contributed by atoms with Crippen molar-refractivity contribution in [2.24, 2.45) is 0 Å². The quantitative estimate of drug-likeness (QED) is 0.138. The molecule has 0 aromatic heterocycles. The largest absolute Gasteiger partial charge is 0.465 e. The van der Waals surface area contributed by atoms with Crippen LogP contribution in [0.15, 0.2) is 0 Å². The Morgan fingerprint density at radius 3 is 1.07 bits per heavy atom. The first kappa shape index (κ1) is 31.9. The third-order valence-electron chi connectivity index (χ3n) is 2.72. The Hall–Kier alpha value is -0.300. The second-order valence-corrected chi connectivity index (χ2v) is 9.14. The van der Waals surface area contributed by atoms with Gasteiger partial charge in [-0.2, -0.15) is 43.9 Å². The average molecular weight is 692 g/mol. The molecule has 0 aliphatic carbocycles. The van der Waals surface area contributed by atoms with Crippen LogP contribution in [0.5, 0.6) is 0 Å². The van der Waals surface area contributed by atoms with Crippen molar-refractivity contribution in [1.82, 2.24) is 0 Å². The Kier molecular flexibility index (Phi) is 13.5. The number of esters is 2. The Morgan fingerprint density at radius 2 is 0.900 bits per heavy atom. The van der Waals surface area contributed by atoms with E-state index in [1.54, 1.807) is 0 Å². The minimum absolute atomic E-state index is 0.457. The van der Waals surface area contributed by atoms with E-state index in [4.69, 9.17) is 0 Å². The van der Waals surface area contributed by atoms with Crippen molar-refractivity contribution in [1.29, 1.82) is 0 Å². The Balaban J connectivity index is 0. The van der Waals surface area contributed by atoms with Crippen LogP contribution in [0.1, 0.15) is 26.7 Å². The molecule has 0 amide bonds. The van der Waals surface area contributed by atoms with Gasteiger partial charge < -0.3 is 9.47 Å². The number of alkyl halides is 12. The van der Waals surface area contributed by atoms with Crippen molar-refractivity contribution < 1.29 is 63.0 Å². The summed E-state index contributed by atoms with van der Waals surface area (Å²) in [4.78, 5) is 20.6. The van der Waals surface area contributed by atoms with E-state index in [1.807, 2.05) is 0 Å². The summed E-state index contributed by atoms with van der Waals surface area (Å²) >= 11 is 2.77. The number of rotatable bonds is 8. The fourth-order valence-electron chi connectivity index (χ4n) is 1.32. The summed E-state index contributed by atoms with van der Waals surface area (Å²) < 4.78 is 127. The molecular formula is C14H16F10I2O4. The van der Waals surface area contributed by atoms with Gasteiger partial charge in [0.2, 0.25) is 0 Å². The van der Waals surface area contributed by atoms with Crippen LogP contribution < -0.4 is 0 Å². The molecule has 0 bridgehead atoms. The summed E-state index contributed by atoms with van der Waals surface area (Å²) in [6, 6.07) is 0. The van der Waals surface area contributed by atoms with Gasteiger partial charge in [-0.1, -0.05) is 45.2 Å².